The van der Waals surface area contributed by atoms with Gasteiger partial charge in [0.05, 0.1) is 11.2 Å². The smallest absolute Gasteiger partial charge is 2.00 e. The molecular weight excluding hydrogens is 322 g/mol. The van der Waals surface area contributed by atoms with Crippen molar-refractivity contribution in [3.8, 4) is 0 Å². The molecule has 0 saturated heterocycles. The average Bonchev–Trinajstić information content (AvgIpc) is 2.72. The van der Waals surface area contributed by atoms with Gasteiger partial charge in [0, 0.05) is 17.9 Å². The molecule has 118 valence electrons. The zero-order valence-corrected chi connectivity index (χ0v) is 15.2. The van der Waals surface area contributed by atoms with Gasteiger partial charge in [0.25, 0.3) is 0 Å². The Balaban J connectivity index is -0.000000120. The molecule has 1 heterocycles. The van der Waals surface area contributed by atoms with Gasteiger partial charge in [0.15, 0.2) is 5.78 Å². The fourth-order valence-corrected chi connectivity index (χ4v) is 2.01. The molecule has 6 heteroatoms. The number of nitrogens with zero attached hydrogens (tertiary/aromatic N) is 1. The third-order valence-electron chi connectivity index (χ3n) is 2.26. The fourth-order valence-electron chi connectivity index (χ4n) is 1.24. The van der Waals surface area contributed by atoms with Crippen molar-refractivity contribution in [2.45, 2.75) is 46.5 Å². The molecule has 0 spiro atoms. The van der Waals surface area contributed by atoms with E-state index in [1.54, 1.807) is 29.8 Å². The summed E-state index contributed by atoms with van der Waals surface area (Å²) in [7, 11) is 0. The minimum atomic E-state index is 0. The molecule has 1 aromatic rings. The molecular formula is C15H23NO2S3. The van der Waals surface area contributed by atoms with Crippen molar-refractivity contribution in [1.29, 1.82) is 0 Å². The monoisotopic (exact) mass is 345 g/mol. The van der Waals surface area contributed by atoms with Crippen molar-refractivity contribution in [1.82, 2.24) is 4.98 Å². The minimum Gasteiger partial charge on any atom is -2.00 e. The van der Waals surface area contributed by atoms with Crippen LogP contribution in [0.1, 0.15) is 43.7 Å². The Morgan fingerprint density at radius 3 is 2.43 bits per heavy atom. The Hall–Kier alpha value is -0.300. The largest absolute Gasteiger partial charge is 4.00 e. The van der Waals surface area contributed by atoms with Crippen molar-refractivity contribution >= 4 is 44.1 Å². The van der Waals surface area contributed by atoms with Gasteiger partial charge < -0.3 is 32.1 Å². The van der Waals surface area contributed by atoms with E-state index < -0.39 is 0 Å². The van der Waals surface area contributed by atoms with Crippen LogP contribution in [-0.2, 0) is 38.2 Å². The maximum absolute atomic E-state index is 10.3. The summed E-state index contributed by atoms with van der Waals surface area (Å²) in [5.41, 5.74) is 2.86. The van der Waals surface area contributed by atoms with Gasteiger partial charge in [-0.05, 0) is 26.3 Å². The number of carbonyl (C=O) groups is 1. The summed E-state index contributed by atoms with van der Waals surface area (Å²) in [6, 6.07) is 0. The number of aryl methyl sites for hydroxylation is 1. The van der Waals surface area contributed by atoms with Crippen molar-refractivity contribution in [3.63, 3.8) is 0 Å². The molecule has 0 aliphatic rings. The van der Waals surface area contributed by atoms with E-state index in [1.807, 2.05) is 13.0 Å². The Morgan fingerprint density at radius 2 is 2.05 bits per heavy atom. The first kappa shape index (κ1) is 28.8. The van der Waals surface area contributed by atoms with Gasteiger partial charge in [-0.15, -0.1) is 11.3 Å². The summed E-state index contributed by atoms with van der Waals surface area (Å²) >= 11 is 1.60. The number of aromatic nitrogens is 1. The summed E-state index contributed by atoms with van der Waals surface area (Å²) in [4.78, 5) is 15.6. The second-order valence-electron chi connectivity index (χ2n) is 3.99. The Bertz CT molecular complexity index is 366. The number of allylic oxidation sites excluding steroid dienone is 2. The zero-order chi connectivity index (χ0) is 13.8. The number of unbranched alkanes of at least 4 members (excludes halogenated alkanes) is 2. The molecule has 0 radical (unpaired) electrons. The van der Waals surface area contributed by atoms with E-state index in [0.717, 1.165) is 18.5 Å². The standard InChI is InChI=1S/C8H14O.C6H9NOS.C.2S/c1-3-4-5-6-7-8(2)9;1-5-6(2-3-8)9-4-7-5;;;/h6-7H,3-5H2,1-2H3;4,8H,2-3H2,1H3;;;/q;;+4;2*-2/b7-6+;;;;. The van der Waals surface area contributed by atoms with Crippen LogP contribution in [0.2, 0.25) is 0 Å². The fraction of sp³-hybridized carbons (Fsp3) is 0.533. The number of ketones is 1. The molecule has 3 nitrogen and oxygen atoms in total. The van der Waals surface area contributed by atoms with Gasteiger partial charge >= 0.3 is 7.43 Å². The number of aliphatic hydroxyl groups is 1. The van der Waals surface area contributed by atoms with Crippen LogP contribution < -0.4 is 0 Å². The van der Waals surface area contributed by atoms with Crippen LogP contribution in [0, 0.1) is 14.4 Å². The molecule has 0 unspecified atom stereocenters. The van der Waals surface area contributed by atoms with Crippen LogP contribution in [0.15, 0.2) is 17.7 Å². The van der Waals surface area contributed by atoms with Gasteiger partial charge in [-0.3, -0.25) is 4.79 Å². The molecule has 1 N–H and O–H groups in total. The maximum atomic E-state index is 10.3. The number of aliphatic hydroxyl groups excluding tert-OH is 1. The predicted octanol–water partition coefficient (Wildman–Crippen LogP) is 3.38. The third-order valence-corrected chi connectivity index (χ3v) is 3.26. The van der Waals surface area contributed by atoms with E-state index in [9.17, 15) is 4.79 Å². The number of hydrogen-bond donors (Lipinski definition) is 1. The molecule has 1 aromatic heterocycles. The zero-order valence-electron chi connectivity index (χ0n) is 12.8. The number of rotatable bonds is 6. The van der Waals surface area contributed by atoms with E-state index >= 15 is 0 Å². The third kappa shape index (κ3) is 17.6. The summed E-state index contributed by atoms with van der Waals surface area (Å²) in [5, 5.41) is 8.54. The van der Waals surface area contributed by atoms with Crippen LogP contribution in [0.5, 0.6) is 0 Å². The molecule has 0 amide bonds. The number of hydrogen-bond acceptors (Lipinski definition) is 4. The van der Waals surface area contributed by atoms with Gasteiger partial charge in [-0.2, -0.15) is 0 Å². The van der Waals surface area contributed by atoms with E-state index in [0.29, 0.717) is 0 Å². The van der Waals surface area contributed by atoms with Gasteiger partial charge in [-0.25, -0.2) is 4.98 Å². The maximum Gasteiger partial charge on any atom is 4.00 e. The van der Waals surface area contributed by atoms with Gasteiger partial charge in [0.2, 0.25) is 0 Å². The van der Waals surface area contributed by atoms with Crippen molar-refractivity contribution < 1.29 is 9.90 Å². The van der Waals surface area contributed by atoms with Crippen molar-refractivity contribution in [3.05, 3.63) is 35.7 Å². The van der Waals surface area contributed by atoms with E-state index in [2.05, 4.69) is 11.9 Å². The normalized spacial score (nSPS) is 8.76. The van der Waals surface area contributed by atoms with E-state index in [4.69, 9.17) is 5.11 Å². The number of carbonyl (C=O) groups excluding carboxylic acids is 1. The second-order valence-corrected chi connectivity index (χ2v) is 4.93. The van der Waals surface area contributed by atoms with Crippen molar-refractivity contribution in [2.75, 3.05) is 6.61 Å². The molecule has 0 aliphatic heterocycles. The van der Waals surface area contributed by atoms with Crippen molar-refractivity contribution in [2.24, 2.45) is 0 Å². The molecule has 0 saturated carbocycles. The van der Waals surface area contributed by atoms with Gasteiger partial charge in [0.1, 0.15) is 0 Å². The van der Waals surface area contributed by atoms with Gasteiger partial charge in [-0.1, -0.05) is 25.8 Å². The molecule has 1 rings (SSSR count). The van der Waals surface area contributed by atoms with Crippen LogP contribution in [0.4, 0.5) is 0 Å². The quantitative estimate of drug-likeness (QED) is 0.635. The molecule has 0 fully saturated rings. The average molecular weight is 346 g/mol. The SMILES string of the molecule is CCCC/C=C/C(C)=O.Cc1ncsc1CCO.[C+4].[S-2].[S-2]. The molecule has 0 aliphatic carbocycles. The Morgan fingerprint density at radius 1 is 1.43 bits per heavy atom. The first-order valence-corrected chi connectivity index (χ1v) is 7.16. The van der Waals surface area contributed by atoms with Crippen LogP contribution in [0.3, 0.4) is 0 Å². The summed E-state index contributed by atoms with van der Waals surface area (Å²) < 4.78 is 0. The Labute approximate surface area is 147 Å². The summed E-state index contributed by atoms with van der Waals surface area (Å²) in [6.07, 6.45) is 7.74. The minimum absolute atomic E-state index is 0. The molecule has 21 heavy (non-hydrogen) atoms. The van der Waals surface area contributed by atoms with Crippen LogP contribution in [-0.4, -0.2) is 22.5 Å². The second kappa shape index (κ2) is 19.7. The predicted molar refractivity (Wildman–Crippen MR) is 95.0 cm³/mol. The topological polar surface area (TPSA) is 50.2 Å². The Kier molecular flexibility index (Phi) is 27.0. The first-order chi connectivity index (χ1) is 8.61. The molecule has 0 aromatic carbocycles. The summed E-state index contributed by atoms with van der Waals surface area (Å²) in [5.74, 6) is 0.145. The van der Waals surface area contributed by atoms with Crippen LogP contribution in [0.25, 0.3) is 0 Å². The molecule has 0 atom stereocenters. The van der Waals surface area contributed by atoms with E-state index in [-0.39, 0.29) is 46.8 Å². The van der Waals surface area contributed by atoms with Crippen LogP contribution >= 0.6 is 11.3 Å². The first-order valence-electron chi connectivity index (χ1n) is 6.28. The molecule has 0 bridgehead atoms. The van der Waals surface area contributed by atoms with E-state index in [1.165, 1.54) is 17.7 Å². The summed E-state index contributed by atoms with van der Waals surface area (Å²) in [6.45, 7) is 5.90. The number of thiazole rings is 1.